The third-order valence-electron chi connectivity index (χ3n) is 2.55. The summed E-state index contributed by atoms with van der Waals surface area (Å²) in [6, 6.07) is 5.43. The topological polar surface area (TPSA) is 41.6 Å². The minimum absolute atomic E-state index is 0.172. The van der Waals surface area contributed by atoms with E-state index in [1.165, 1.54) is 6.20 Å². The van der Waals surface area contributed by atoms with Crippen molar-refractivity contribution < 1.29 is 9.53 Å². The van der Waals surface area contributed by atoms with Crippen molar-refractivity contribution >= 4 is 11.6 Å². The van der Waals surface area contributed by atoms with Crippen LogP contribution in [0.1, 0.15) is 10.4 Å². The van der Waals surface area contributed by atoms with Gasteiger partial charge in [-0.2, -0.15) is 0 Å². The second-order valence-electron chi connectivity index (χ2n) is 3.63. The Labute approximate surface area is 94.5 Å². The zero-order chi connectivity index (χ0) is 11.5. The molecule has 4 heteroatoms. The third kappa shape index (κ3) is 1.86. The van der Waals surface area contributed by atoms with E-state index >= 15 is 0 Å². The number of anilines is 1. The predicted octanol–water partition coefficient (Wildman–Crippen LogP) is 1.39. The van der Waals surface area contributed by atoms with Gasteiger partial charge in [0, 0.05) is 12.6 Å². The summed E-state index contributed by atoms with van der Waals surface area (Å²) in [5.74, 6) is 0.583. The van der Waals surface area contributed by atoms with E-state index < -0.39 is 0 Å². The second kappa shape index (κ2) is 4.26. The van der Waals surface area contributed by atoms with Gasteiger partial charge in [-0.3, -0.25) is 4.79 Å². The van der Waals surface area contributed by atoms with Gasteiger partial charge < -0.3 is 15.0 Å². The van der Waals surface area contributed by atoms with Crippen LogP contribution in [0.5, 0.6) is 5.75 Å². The fourth-order valence-electron chi connectivity index (χ4n) is 1.68. The highest BCUT2D eigenvalue weighted by molar-refractivity contribution is 5.95. The molecule has 4 nitrogen and oxygen atoms in total. The number of rotatable bonds is 2. The number of carbonyl (C=O) groups is 1. The Morgan fingerprint density at radius 3 is 3.19 bits per heavy atom. The first-order valence-electron chi connectivity index (χ1n) is 5.12. The molecule has 0 unspecified atom stereocenters. The van der Waals surface area contributed by atoms with E-state index in [-0.39, 0.29) is 5.91 Å². The first-order chi connectivity index (χ1) is 7.72. The maximum atomic E-state index is 11.6. The van der Waals surface area contributed by atoms with Crippen LogP contribution in [0.25, 0.3) is 0 Å². The van der Waals surface area contributed by atoms with Crippen LogP contribution in [0, 0.1) is 0 Å². The number of hydrogen-bond donors (Lipinski definition) is 1. The van der Waals surface area contributed by atoms with Gasteiger partial charge in [0.25, 0.3) is 5.91 Å². The molecule has 0 atom stereocenters. The number of ether oxygens (including phenoxy) is 1. The highest BCUT2D eigenvalue weighted by Crippen LogP contribution is 2.31. The van der Waals surface area contributed by atoms with Crippen molar-refractivity contribution in [1.82, 2.24) is 5.32 Å². The van der Waals surface area contributed by atoms with Crippen LogP contribution in [0.3, 0.4) is 0 Å². The summed E-state index contributed by atoms with van der Waals surface area (Å²) in [4.78, 5) is 13.7. The highest BCUT2D eigenvalue weighted by Gasteiger charge is 2.16. The lowest BCUT2D eigenvalue weighted by Gasteiger charge is -2.27. The minimum atomic E-state index is -0.172. The number of nitrogens with zero attached hydrogens (tertiary/aromatic N) is 1. The SMILES string of the molecule is C=CNC(=O)c1ccc2c(c1)OCCN2C. The summed E-state index contributed by atoms with van der Waals surface area (Å²) in [6.07, 6.45) is 1.37. The van der Waals surface area contributed by atoms with Gasteiger partial charge >= 0.3 is 0 Å². The molecule has 0 radical (unpaired) electrons. The molecular weight excluding hydrogens is 204 g/mol. The normalized spacial score (nSPS) is 13.7. The van der Waals surface area contributed by atoms with Gasteiger partial charge in [-0.1, -0.05) is 6.58 Å². The van der Waals surface area contributed by atoms with Gasteiger partial charge in [0.2, 0.25) is 0 Å². The molecule has 84 valence electrons. The summed E-state index contributed by atoms with van der Waals surface area (Å²) in [6.45, 7) is 4.97. The summed E-state index contributed by atoms with van der Waals surface area (Å²) in [5, 5.41) is 2.54. The molecule has 1 heterocycles. The molecule has 2 rings (SSSR count). The Bertz CT molecular complexity index is 429. The van der Waals surface area contributed by atoms with Gasteiger partial charge in [0.05, 0.1) is 12.2 Å². The van der Waals surface area contributed by atoms with E-state index in [2.05, 4.69) is 16.8 Å². The summed E-state index contributed by atoms with van der Waals surface area (Å²) in [7, 11) is 2.00. The van der Waals surface area contributed by atoms with Crippen LogP contribution in [0.2, 0.25) is 0 Å². The minimum Gasteiger partial charge on any atom is -0.490 e. The number of likely N-dealkylation sites (N-methyl/N-ethyl adjacent to an activating group) is 1. The molecule has 0 bridgehead atoms. The van der Waals surface area contributed by atoms with Crippen LogP contribution >= 0.6 is 0 Å². The fourth-order valence-corrected chi connectivity index (χ4v) is 1.68. The Morgan fingerprint density at radius 1 is 1.62 bits per heavy atom. The molecule has 1 aliphatic heterocycles. The van der Waals surface area contributed by atoms with Gasteiger partial charge in [0.15, 0.2) is 0 Å². The van der Waals surface area contributed by atoms with Crippen LogP contribution in [0.4, 0.5) is 5.69 Å². The molecule has 0 aromatic heterocycles. The molecular formula is C12H14N2O2. The van der Waals surface area contributed by atoms with Gasteiger partial charge in [-0.15, -0.1) is 0 Å². The quantitative estimate of drug-likeness (QED) is 0.815. The second-order valence-corrected chi connectivity index (χ2v) is 3.63. The Balaban J connectivity index is 2.31. The Kier molecular flexibility index (Phi) is 2.81. The zero-order valence-electron chi connectivity index (χ0n) is 9.19. The number of amides is 1. The molecule has 0 aliphatic carbocycles. The number of hydrogen-bond acceptors (Lipinski definition) is 3. The van der Waals surface area contributed by atoms with Gasteiger partial charge in [0.1, 0.15) is 12.4 Å². The van der Waals surface area contributed by atoms with Crippen molar-refractivity contribution in [2.45, 2.75) is 0 Å². The first kappa shape index (κ1) is 10.5. The summed E-state index contributed by atoms with van der Waals surface area (Å²) >= 11 is 0. The van der Waals surface area contributed by atoms with Crippen molar-refractivity contribution in [1.29, 1.82) is 0 Å². The van der Waals surface area contributed by atoms with Crippen molar-refractivity contribution in [3.63, 3.8) is 0 Å². The molecule has 0 spiro atoms. The van der Waals surface area contributed by atoms with Crippen molar-refractivity contribution in [2.24, 2.45) is 0 Å². The van der Waals surface area contributed by atoms with Crippen LogP contribution in [-0.4, -0.2) is 26.1 Å². The smallest absolute Gasteiger partial charge is 0.255 e. The average molecular weight is 218 g/mol. The summed E-state index contributed by atoms with van der Waals surface area (Å²) in [5.41, 5.74) is 1.59. The number of benzene rings is 1. The fraction of sp³-hybridized carbons (Fsp3) is 0.250. The first-order valence-corrected chi connectivity index (χ1v) is 5.12. The molecule has 1 amide bonds. The molecule has 1 aromatic carbocycles. The van der Waals surface area contributed by atoms with Crippen LogP contribution < -0.4 is 15.0 Å². The maximum Gasteiger partial charge on any atom is 0.255 e. The largest absolute Gasteiger partial charge is 0.490 e. The van der Waals surface area contributed by atoms with E-state index in [1.54, 1.807) is 12.1 Å². The third-order valence-corrected chi connectivity index (χ3v) is 2.55. The van der Waals surface area contributed by atoms with E-state index in [4.69, 9.17) is 4.74 Å². The molecule has 0 saturated carbocycles. The van der Waals surface area contributed by atoms with Crippen molar-refractivity contribution in [3.8, 4) is 5.75 Å². The van der Waals surface area contributed by atoms with E-state index in [0.717, 1.165) is 18.0 Å². The standard InChI is InChI=1S/C12H14N2O2/c1-3-13-12(15)9-4-5-10-11(8-9)16-7-6-14(10)2/h3-5,8H,1,6-7H2,2H3,(H,13,15). The van der Waals surface area contributed by atoms with Crippen molar-refractivity contribution in [2.75, 3.05) is 25.1 Å². The highest BCUT2D eigenvalue weighted by atomic mass is 16.5. The lowest BCUT2D eigenvalue weighted by atomic mass is 10.1. The van der Waals surface area contributed by atoms with Crippen LogP contribution in [-0.2, 0) is 0 Å². The average Bonchev–Trinajstić information content (AvgIpc) is 2.29. The van der Waals surface area contributed by atoms with Gasteiger partial charge in [-0.25, -0.2) is 0 Å². The van der Waals surface area contributed by atoms with Gasteiger partial charge in [-0.05, 0) is 24.4 Å². The number of fused-ring (bicyclic) bond motifs is 1. The monoisotopic (exact) mass is 218 g/mol. The molecule has 1 N–H and O–H groups in total. The number of carbonyl (C=O) groups excluding carboxylic acids is 1. The van der Waals surface area contributed by atoms with Crippen LogP contribution in [0.15, 0.2) is 31.0 Å². The van der Waals surface area contributed by atoms with E-state index in [0.29, 0.717) is 12.2 Å². The molecule has 0 fully saturated rings. The molecule has 1 aliphatic rings. The number of nitrogens with one attached hydrogen (secondary N) is 1. The van der Waals surface area contributed by atoms with E-state index in [9.17, 15) is 4.79 Å². The predicted molar refractivity (Wildman–Crippen MR) is 62.9 cm³/mol. The summed E-state index contributed by atoms with van der Waals surface area (Å²) < 4.78 is 5.52. The Morgan fingerprint density at radius 2 is 2.44 bits per heavy atom. The maximum absolute atomic E-state index is 11.6. The van der Waals surface area contributed by atoms with E-state index in [1.807, 2.05) is 13.1 Å². The zero-order valence-corrected chi connectivity index (χ0v) is 9.19. The lowest BCUT2D eigenvalue weighted by Crippen LogP contribution is -2.29. The lowest BCUT2D eigenvalue weighted by molar-refractivity contribution is 0.0970. The van der Waals surface area contributed by atoms with Crippen molar-refractivity contribution in [3.05, 3.63) is 36.5 Å². The molecule has 16 heavy (non-hydrogen) atoms. The molecule has 0 saturated heterocycles. The molecule has 1 aromatic rings. The Hall–Kier alpha value is -1.97.